The van der Waals surface area contributed by atoms with Crippen LogP contribution in [0, 0.1) is 0 Å². The molecule has 1 aromatic carbocycles. The lowest BCUT2D eigenvalue weighted by Crippen LogP contribution is -2.53. The normalized spacial score (nSPS) is 12.9. The molecule has 1 aromatic rings. The Morgan fingerprint density at radius 1 is 1.21 bits per heavy atom. The number of rotatable bonds is 10. The molecule has 0 fully saturated rings. The number of nitrogens with two attached hydrogens (primary N) is 1. The smallest absolute Gasteiger partial charge is 0.322 e. The van der Waals surface area contributed by atoms with E-state index in [0.717, 1.165) is 11.3 Å². The molecule has 0 saturated carbocycles. The monoisotopic (exact) mass is 353 g/mol. The number of benzene rings is 1. The Morgan fingerprint density at radius 2 is 1.88 bits per heavy atom. The molecule has 132 valence electrons. The molecule has 0 aliphatic carbocycles. The van der Waals surface area contributed by atoms with E-state index >= 15 is 0 Å². The molecule has 5 N–H and O–H groups in total. The first-order valence-electron chi connectivity index (χ1n) is 7.52. The fraction of sp³-hybridized carbons (Fsp3) is 0.438. The lowest BCUT2D eigenvalue weighted by atomic mass is 10.0. The molecule has 24 heavy (non-hydrogen) atoms. The van der Waals surface area contributed by atoms with Crippen molar-refractivity contribution in [2.24, 2.45) is 5.73 Å². The van der Waals surface area contributed by atoms with Crippen LogP contribution in [0.3, 0.4) is 0 Å². The van der Waals surface area contributed by atoms with Crippen LogP contribution in [-0.4, -0.2) is 53.5 Å². The van der Waals surface area contributed by atoms with Gasteiger partial charge >= 0.3 is 5.97 Å². The number of aliphatic carboxylic acids is 1. The summed E-state index contributed by atoms with van der Waals surface area (Å²) in [7, 11) is 0. The van der Waals surface area contributed by atoms with Crippen molar-refractivity contribution >= 4 is 29.5 Å². The Kier molecular flexibility index (Phi) is 8.88. The van der Waals surface area contributed by atoms with Gasteiger partial charge in [0.2, 0.25) is 11.8 Å². The predicted molar refractivity (Wildman–Crippen MR) is 93.7 cm³/mol. The molecule has 0 saturated heterocycles. The summed E-state index contributed by atoms with van der Waals surface area (Å²) in [5.41, 5.74) is 6.67. The average Bonchev–Trinajstić information content (AvgIpc) is 2.57. The number of carbonyl (C=O) groups is 3. The topological polar surface area (TPSA) is 122 Å². The minimum Gasteiger partial charge on any atom is -0.480 e. The Labute approximate surface area is 145 Å². The zero-order valence-electron chi connectivity index (χ0n) is 13.5. The molecule has 8 heteroatoms. The number of carbonyl (C=O) groups excluding carboxylic acids is 2. The van der Waals surface area contributed by atoms with E-state index in [1.165, 1.54) is 0 Å². The molecule has 7 nitrogen and oxygen atoms in total. The summed E-state index contributed by atoms with van der Waals surface area (Å²) in [4.78, 5) is 34.9. The quantitative estimate of drug-likeness (QED) is 0.470. The summed E-state index contributed by atoms with van der Waals surface area (Å²) in [6.07, 6.45) is 2.68. The van der Waals surface area contributed by atoms with Crippen molar-refractivity contribution in [3.63, 3.8) is 0 Å². The predicted octanol–water partition coefficient (Wildman–Crippen LogP) is -0.00490. The largest absolute Gasteiger partial charge is 0.480 e. The van der Waals surface area contributed by atoms with E-state index in [1.54, 1.807) is 11.8 Å². The van der Waals surface area contributed by atoms with E-state index in [0.29, 0.717) is 6.42 Å². The van der Waals surface area contributed by atoms with Crippen LogP contribution < -0.4 is 16.4 Å². The molecule has 0 unspecified atom stereocenters. The van der Waals surface area contributed by atoms with Crippen molar-refractivity contribution in [3.8, 4) is 0 Å². The van der Waals surface area contributed by atoms with Crippen molar-refractivity contribution in [3.05, 3.63) is 35.9 Å². The van der Waals surface area contributed by atoms with Gasteiger partial charge in [0.25, 0.3) is 0 Å². The summed E-state index contributed by atoms with van der Waals surface area (Å²) in [6, 6.07) is 7.58. The highest BCUT2D eigenvalue weighted by atomic mass is 32.2. The van der Waals surface area contributed by atoms with E-state index in [4.69, 9.17) is 10.8 Å². The van der Waals surface area contributed by atoms with Crippen LogP contribution in [0.4, 0.5) is 0 Å². The second-order valence-corrected chi connectivity index (χ2v) is 6.24. The van der Waals surface area contributed by atoms with Crippen molar-refractivity contribution < 1.29 is 19.5 Å². The van der Waals surface area contributed by atoms with Crippen LogP contribution in [-0.2, 0) is 20.8 Å². The molecule has 0 radical (unpaired) electrons. The minimum atomic E-state index is -1.15. The van der Waals surface area contributed by atoms with Gasteiger partial charge in [-0.2, -0.15) is 11.8 Å². The zero-order valence-corrected chi connectivity index (χ0v) is 14.3. The third kappa shape index (κ3) is 7.47. The Hall–Kier alpha value is -2.06. The summed E-state index contributed by atoms with van der Waals surface area (Å²) >= 11 is 1.58. The first kappa shape index (κ1) is 20.0. The molecule has 0 aliphatic rings. The second-order valence-electron chi connectivity index (χ2n) is 5.25. The molecule has 1 rings (SSSR count). The number of hydrogen-bond donors (Lipinski definition) is 4. The number of thioether (sulfide) groups is 1. The SMILES string of the molecule is CSCC[C@@H](N)C(=O)N[C@H](Cc1ccccc1)C(=O)NCC(=O)O. The molecule has 0 bridgehead atoms. The van der Waals surface area contributed by atoms with Gasteiger partial charge in [0.15, 0.2) is 0 Å². The molecule has 2 atom stereocenters. The Balaban J connectivity index is 2.74. The fourth-order valence-electron chi connectivity index (χ4n) is 2.00. The van der Waals surface area contributed by atoms with Gasteiger partial charge in [0, 0.05) is 6.42 Å². The first-order chi connectivity index (χ1) is 11.4. The highest BCUT2D eigenvalue weighted by molar-refractivity contribution is 7.98. The third-order valence-electron chi connectivity index (χ3n) is 3.30. The number of amides is 2. The summed E-state index contributed by atoms with van der Waals surface area (Å²) < 4.78 is 0. The maximum Gasteiger partial charge on any atom is 0.322 e. The first-order valence-corrected chi connectivity index (χ1v) is 8.91. The third-order valence-corrected chi connectivity index (χ3v) is 3.94. The molecular formula is C16H23N3O4S. The van der Waals surface area contributed by atoms with Crippen LogP contribution in [0.25, 0.3) is 0 Å². The molecule has 2 amide bonds. The minimum absolute atomic E-state index is 0.257. The van der Waals surface area contributed by atoms with Crippen molar-refractivity contribution in [2.45, 2.75) is 24.9 Å². The van der Waals surface area contributed by atoms with Gasteiger partial charge in [-0.25, -0.2) is 0 Å². The van der Waals surface area contributed by atoms with Crippen LogP contribution >= 0.6 is 11.8 Å². The molecule has 0 aliphatic heterocycles. The van der Waals surface area contributed by atoms with Gasteiger partial charge in [-0.1, -0.05) is 30.3 Å². The molecule has 0 aromatic heterocycles. The number of hydrogen-bond acceptors (Lipinski definition) is 5. The maximum atomic E-state index is 12.2. The van der Waals surface area contributed by atoms with E-state index in [2.05, 4.69) is 10.6 Å². The average molecular weight is 353 g/mol. The van der Waals surface area contributed by atoms with Gasteiger partial charge in [0.05, 0.1) is 6.04 Å². The van der Waals surface area contributed by atoms with Crippen molar-refractivity contribution in [1.82, 2.24) is 10.6 Å². The van der Waals surface area contributed by atoms with Gasteiger partial charge in [-0.15, -0.1) is 0 Å². The lowest BCUT2D eigenvalue weighted by molar-refractivity contribution is -0.138. The fourth-order valence-corrected chi connectivity index (χ4v) is 2.49. The summed E-state index contributed by atoms with van der Waals surface area (Å²) in [6.45, 7) is -0.501. The highest BCUT2D eigenvalue weighted by Crippen LogP contribution is 2.05. The number of carboxylic acid groups (broad SMARTS) is 1. The van der Waals surface area contributed by atoms with Crippen LogP contribution in [0.1, 0.15) is 12.0 Å². The maximum absolute atomic E-state index is 12.2. The van der Waals surface area contributed by atoms with Gasteiger partial charge < -0.3 is 21.5 Å². The second kappa shape index (κ2) is 10.7. The van der Waals surface area contributed by atoms with Crippen molar-refractivity contribution in [1.29, 1.82) is 0 Å². The van der Waals surface area contributed by atoms with Gasteiger partial charge in [0.1, 0.15) is 12.6 Å². The van der Waals surface area contributed by atoms with Crippen LogP contribution in [0.15, 0.2) is 30.3 Å². The zero-order chi connectivity index (χ0) is 17.9. The Bertz CT molecular complexity index is 554. The van der Waals surface area contributed by atoms with Crippen LogP contribution in [0.5, 0.6) is 0 Å². The van der Waals surface area contributed by atoms with E-state index in [1.807, 2.05) is 36.6 Å². The van der Waals surface area contributed by atoms with Crippen molar-refractivity contribution in [2.75, 3.05) is 18.6 Å². The number of carboxylic acids is 1. The van der Waals surface area contributed by atoms with E-state index < -0.39 is 36.4 Å². The highest BCUT2D eigenvalue weighted by Gasteiger charge is 2.24. The van der Waals surface area contributed by atoms with Gasteiger partial charge in [-0.05, 0) is 24.0 Å². The van der Waals surface area contributed by atoms with Gasteiger partial charge in [-0.3, -0.25) is 14.4 Å². The van der Waals surface area contributed by atoms with E-state index in [-0.39, 0.29) is 6.42 Å². The molecule has 0 spiro atoms. The summed E-state index contributed by atoms with van der Waals surface area (Å²) in [5.74, 6) is -1.38. The van der Waals surface area contributed by atoms with E-state index in [9.17, 15) is 14.4 Å². The summed E-state index contributed by atoms with van der Waals surface area (Å²) in [5, 5.41) is 13.6. The number of nitrogens with one attached hydrogen (secondary N) is 2. The van der Waals surface area contributed by atoms with Crippen LogP contribution in [0.2, 0.25) is 0 Å². The lowest BCUT2D eigenvalue weighted by Gasteiger charge is -2.20. The molecular weight excluding hydrogens is 330 g/mol. The standard InChI is InChI=1S/C16H23N3O4S/c1-24-8-7-12(17)15(22)19-13(16(23)18-10-14(20)21)9-11-5-3-2-4-6-11/h2-6,12-13H,7-10,17H2,1H3,(H,18,23)(H,19,22)(H,20,21)/t12-,13-/m1/s1. The Morgan fingerprint density at radius 3 is 2.46 bits per heavy atom. The molecule has 0 heterocycles.